The molecule has 0 atom stereocenters. The Morgan fingerprint density at radius 2 is 1.69 bits per heavy atom. The van der Waals surface area contributed by atoms with Crippen LogP contribution in [0.1, 0.15) is 37.7 Å². The van der Waals surface area contributed by atoms with Crippen LogP contribution in [-0.4, -0.2) is 18.0 Å². The highest BCUT2D eigenvalue weighted by Gasteiger charge is 2.17. The second-order valence-electron chi connectivity index (χ2n) is 4.69. The van der Waals surface area contributed by atoms with Gasteiger partial charge in [-0.2, -0.15) is 0 Å². The molecule has 0 saturated heterocycles. The maximum absolute atomic E-state index is 2.52. The molecular weight excluding hydrogens is 218 g/mol. The maximum Gasteiger partial charge on any atom is 0.0233 e. The van der Waals surface area contributed by atoms with Gasteiger partial charge in [0.15, 0.2) is 0 Å². The van der Waals surface area contributed by atoms with Gasteiger partial charge in [0, 0.05) is 12.6 Å². The zero-order valence-electron chi connectivity index (χ0n) is 10.1. The predicted molar refractivity (Wildman–Crippen MR) is 72.0 cm³/mol. The maximum atomic E-state index is 2.52. The number of rotatable bonds is 3. The molecule has 90 valence electrons. The third-order valence-electron chi connectivity index (χ3n) is 3.47. The second kappa shape index (κ2) is 6.93. The van der Waals surface area contributed by atoms with Crippen LogP contribution in [0.4, 0.5) is 0 Å². The normalized spacial score (nSPS) is 17.1. The van der Waals surface area contributed by atoms with Gasteiger partial charge in [0.25, 0.3) is 0 Å². The predicted octanol–water partition coefficient (Wildman–Crippen LogP) is 3.87. The van der Waals surface area contributed by atoms with Crippen LogP contribution in [0.25, 0.3) is 0 Å². The van der Waals surface area contributed by atoms with Gasteiger partial charge in [0.2, 0.25) is 0 Å². The minimum atomic E-state index is 0. The van der Waals surface area contributed by atoms with Gasteiger partial charge >= 0.3 is 0 Å². The van der Waals surface area contributed by atoms with E-state index in [2.05, 4.69) is 42.3 Å². The van der Waals surface area contributed by atoms with Gasteiger partial charge in [0.1, 0.15) is 0 Å². The summed E-state index contributed by atoms with van der Waals surface area (Å²) in [5.74, 6) is 0. The number of benzene rings is 1. The monoisotopic (exact) mass is 239 g/mol. The van der Waals surface area contributed by atoms with Crippen molar-refractivity contribution < 1.29 is 0 Å². The van der Waals surface area contributed by atoms with Gasteiger partial charge in [-0.25, -0.2) is 0 Å². The molecule has 0 amide bonds. The van der Waals surface area contributed by atoms with Crippen molar-refractivity contribution in [1.29, 1.82) is 0 Å². The Morgan fingerprint density at radius 3 is 2.31 bits per heavy atom. The number of hydrogen-bond donors (Lipinski definition) is 0. The largest absolute Gasteiger partial charge is 0.299 e. The highest BCUT2D eigenvalue weighted by Crippen LogP contribution is 2.22. The third kappa shape index (κ3) is 3.80. The van der Waals surface area contributed by atoms with Gasteiger partial charge < -0.3 is 0 Å². The van der Waals surface area contributed by atoms with Gasteiger partial charge in [-0.1, -0.05) is 49.6 Å². The average molecular weight is 240 g/mol. The Hall–Kier alpha value is -0.530. The Labute approximate surface area is 105 Å². The van der Waals surface area contributed by atoms with E-state index in [1.54, 1.807) is 0 Å². The molecule has 0 N–H and O–H groups in total. The zero-order valence-corrected chi connectivity index (χ0v) is 10.9. The Balaban J connectivity index is 0.00000128. The van der Waals surface area contributed by atoms with E-state index in [9.17, 15) is 0 Å². The lowest BCUT2D eigenvalue weighted by atomic mass is 9.94. The van der Waals surface area contributed by atoms with E-state index in [-0.39, 0.29) is 12.4 Å². The van der Waals surface area contributed by atoms with Crippen molar-refractivity contribution >= 4 is 12.4 Å². The Morgan fingerprint density at radius 1 is 1.06 bits per heavy atom. The first-order valence-corrected chi connectivity index (χ1v) is 6.10. The van der Waals surface area contributed by atoms with E-state index in [1.165, 1.54) is 37.7 Å². The van der Waals surface area contributed by atoms with Crippen LogP contribution in [0.5, 0.6) is 0 Å². The van der Waals surface area contributed by atoms with Crippen LogP contribution in [0.15, 0.2) is 30.3 Å². The summed E-state index contributed by atoms with van der Waals surface area (Å²) in [5.41, 5.74) is 1.44. The van der Waals surface area contributed by atoms with E-state index in [0.29, 0.717) is 0 Å². The molecule has 2 rings (SSSR count). The summed E-state index contributed by atoms with van der Waals surface area (Å²) < 4.78 is 0. The molecule has 1 aromatic rings. The minimum absolute atomic E-state index is 0. The first-order chi connectivity index (χ1) is 7.36. The summed E-state index contributed by atoms with van der Waals surface area (Å²) in [6.07, 6.45) is 7.07. The molecule has 0 aromatic heterocycles. The molecule has 0 aliphatic heterocycles. The van der Waals surface area contributed by atoms with Crippen LogP contribution in [-0.2, 0) is 6.54 Å². The molecule has 1 aliphatic carbocycles. The lowest BCUT2D eigenvalue weighted by molar-refractivity contribution is 0.184. The van der Waals surface area contributed by atoms with E-state index in [1.807, 2.05) is 0 Å². The van der Waals surface area contributed by atoms with Crippen LogP contribution in [0, 0.1) is 0 Å². The Bertz CT molecular complexity index is 280. The first kappa shape index (κ1) is 13.5. The van der Waals surface area contributed by atoms with E-state index in [0.717, 1.165) is 12.6 Å². The van der Waals surface area contributed by atoms with Crippen molar-refractivity contribution in [3.05, 3.63) is 35.9 Å². The third-order valence-corrected chi connectivity index (χ3v) is 3.47. The number of nitrogens with zero attached hydrogens (tertiary/aromatic N) is 1. The fourth-order valence-electron chi connectivity index (χ4n) is 2.52. The van der Waals surface area contributed by atoms with Crippen molar-refractivity contribution in [2.75, 3.05) is 7.05 Å². The average Bonchev–Trinajstić information content (AvgIpc) is 2.31. The van der Waals surface area contributed by atoms with Crippen molar-refractivity contribution in [2.24, 2.45) is 0 Å². The molecule has 1 aliphatic rings. The summed E-state index contributed by atoms with van der Waals surface area (Å²) in [7, 11) is 2.27. The van der Waals surface area contributed by atoms with Crippen LogP contribution < -0.4 is 0 Å². The van der Waals surface area contributed by atoms with E-state index in [4.69, 9.17) is 0 Å². The summed E-state index contributed by atoms with van der Waals surface area (Å²) in [4.78, 5) is 2.52. The molecular formula is C14H22ClN. The van der Waals surface area contributed by atoms with Crippen molar-refractivity contribution in [2.45, 2.75) is 44.7 Å². The van der Waals surface area contributed by atoms with Crippen LogP contribution in [0.3, 0.4) is 0 Å². The molecule has 0 spiro atoms. The highest BCUT2D eigenvalue weighted by atomic mass is 35.5. The molecule has 1 aromatic carbocycles. The van der Waals surface area contributed by atoms with Crippen molar-refractivity contribution in [3.63, 3.8) is 0 Å². The summed E-state index contributed by atoms with van der Waals surface area (Å²) in [6, 6.07) is 11.6. The van der Waals surface area contributed by atoms with E-state index < -0.39 is 0 Å². The van der Waals surface area contributed by atoms with Crippen LogP contribution >= 0.6 is 12.4 Å². The van der Waals surface area contributed by atoms with Crippen molar-refractivity contribution in [1.82, 2.24) is 4.90 Å². The molecule has 0 bridgehead atoms. The summed E-state index contributed by atoms with van der Waals surface area (Å²) >= 11 is 0. The first-order valence-electron chi connectivity index (χ1n) is 6.10. The molecule has 1 fully saturated rings. The molecule has 16 heavy (non-hydrogen) atoms. The number of halogens is 1. The highest BCUT2D eigenvalue weighted by molar-refractivity contribution is 5.85. The smallest absolute Gasteiger partial charge is 0.0233 e. The topological polar surface area (TPSA) is 3.24 Å². The zero-order chi connectivity index (χ0) is 10.5. The molecule has 0 radical (unpaired) electrons. The standard InChI is InChI=1S/C14H21N.ClH/c1-15(14-10-6-3-7-11-14)12-13-8-4-2-5-9-13;/h2,4-5,8-9,14H,3,6-7,10-12H2,1H3;1H. The quantitative estimate of drug-likeness (QED) is 0.774. The summed E-state index contributed by atoms with van der Waals surface area (Å²) in [5, 5.41) is 0. The van der Waals surface area contributed by atoms with Gasteiger partial charge in [-0.3, -0.25) is 4.90 Å². The number of hydrogen-bond acceptors (Lipinski definition) is 1. The molecule has 0 heterocycles. The second-order valence-corrected chi connectivity index (χ2v) is 4.69. The van der Waals surface area contributed by atoms with Gasteiger partial charge in [-0.15, -0.1) is 12.4 Å². The van der Waals surface area contributed by atoms with Gasteiger partial charge in [-0.05, 0) is 25.5 Å². The van der Waals surface area contributed by atoms with Gasteiger partial charge in [0.05, 0.1) is 0 Å². The van der Waals surface area contributed by atoms with Crippen LogP contribution in [0.2, 0.25) is 0 Å². The Kier molecular flexibility index (Phi) is 5.86. The SMILES string of the molecule is CN(Cc1ccccc1)C1CCCCC1.Cl. The molecule has 2 heteroatoms. The molecule has 1 nitrogen and oxygen atoms in total. The van der Waals surface area contributed by atoms with Crippen molar-refractivity contribution in [3.8, 4) is 0 Å². The summed E-state index contributed by atoms with van der Waals surface area (Å²) in [6.45, 7) is 1.10. The van der Waals surface area contributed by atoms with E-state index >= 15 is 0 Å². The molecule has 1 saturated carbocycles. The molecule has 0 unspecified atom stereocenters. The lowest BCUT2D eigenvalue weighted by Gasteiger charge is -2.31. The fraction of sp³-hybridized carbons (Fsp3) is 0.571. The lowest BCUT2D eigenvalue weighted by Crippen LogP contribution is -2.32. The minimum Gasteiger partial charge on any atom is -0.299 e. The fourth-order valence-corrected chi connectivity index (χ4v) is 2.52.